The molecule has 27 heavy (non-hydrogen) atoms. The lowest BCUT2D eigenvalue weighted by molar-refractivity contribution is -0.145. The van der Waals surface area contributed by atoms with Crippen molar-refractivity contribution in [1.29, 1.82) is 0 Å². The van der Waals surface area contributed by atoms with Crippen molar-refractivity contribution in [2.75, 3.05) is 6.61 Å². The summed E-state index contributed by atoms with van der Waals surface area (Å²) in [6, 6.07) is 12.3. The van der Waals surface area contributed by atoms with Crippen LogP contribution in [0.25, 0.3) is 10.9 Å². The quantitative estimate of drug-likeness (QED) is 0.589. The van der Waals surface area contributed by atoms with Crippen molar-refractivity contribution in [1.82, 2.24) is 9.71 Å². The third-order valence-electron chi connectivity index (χ3n) is 4.09. The highest BCUT2D eigenvalue weighted by molar-refractivity contribution is 7.89. The van der Waals surface area contributed by atoms with Crippen molar-refractivity contribution in [3.05, 3.63) is 65.3 Å². The van der Waals surface area contributed by atoms with Crippen LogP contribution >= 0.6 is 11.6 Å². The molecular formula is C19H19ClN2O4S. The monoisotopic (exact) mass is 406 g/mol. The maximum atomic E-state index is 12.7. The number of sulfonamides is 1. The zero-order valence-corrected chi connectivity index (χ0v) is 16.2. The molecule has 0 saturated carbocycles. The van der Waals surface area contributed by atoms with Gasteiger partial charge in [-0.25, -0.2) is 8.42 Å². The van der Waals surface area contributed by atoms with Gasteiger partial charge in [0.1, 0.15) is 6.04 Å². The molecular weight excluding hydrogens is 388 g/mol. The minimum atomic E-state index is -3.92. The molecule has 0 bridgehead atoms. The van der Waals surface area contributed by atoms with Gasteiger partial charge in [0.2, 0.25) is 10.0 Å². The van der Waals surface area contributed by atoms with E-state index in [0.29, 0.717) is 5.02 Å². The van der Waals surface area contributed by atoms with E-state index < -0.39 is 22.0 Å². The van der Waals surface area contributed by atoms with Crippen LogP contribution in [0.1, 0.15) is 12.5 Å². The van der Waals surface area contributed by atoms with Gasteiger partial charge in [0.15, 0.2) is 0 Å². The molecule has 3 aromatic rings. The van der Waals surface area contributed by atoms with Gasteiger partial charge < -0.3 is 9.72 Å². The number of nitrogens with one attached hydrogen (secondary N) is 2. The fourth-order valence-corrected chi connectivity index (χ4v) is 4.12. The summed E-state index contributed by atoms with van der Waals surface area (Å²) in [6.45, 7) is 1.83. The molecule has 0 aliphatic carbocycles. The standard InChI is InChI=1S/C19H19ClN2O4S/c1-2-26-19(23)18(11-13-12-21-17-6-4-3-5-16(13)17)22-27(24,25)15-9-7-14(20)8-10-15/h3-10,12,18,21-22H,2,11H2,1H3. The third kappa shape index (κ3) is 4.50. The minimum absolute atomic E-state index is 0.0279. The second-order valence-corrected chi connectivity index (χ2v) is 8.09. The molecule has 1 atom stereocenters. The summed E-state index contributed by atoms with van der Waals surface area (Å²) in [5, 5.41) is 1.35. The summed E-state index contributed by atoms with van der Waals surface area (Å²) in [7, 11) is -3.92. The minimum Gasteiger partial charge on any atom is -0.465 e. The van der Waals surface area contributed by atoms with Crippen LogP contribution in [0.3, 0.4) is 0 Å². The maximum Gasteiger partial charge on any atom is 0.324 e. The van der Waals surface area contributed by atoms with Gasteiger partial charge in [-0.05, 0) is 42.8 Å². The summed E-state index contributed by atoms with van der Waals surface area (Å²) in [6.07, 6.45) is 1.93. The van der Waals surface area contributed by atoms with E-state index >= 15 is 0 Å². The van der Waals surface area contributed by atoms with E-state index in [0.717, 1.165) is 16.5 Å². The molecule has 1 unspecified atom stereocenters. The Balaban J connectivity index is 1.89. The Bertz CT molecular complexity index is 1050. The van der Waals surface area contributed by atoms with E-state index in [2.05, 4.69) is 9.71 Å². The Morgan fingerprint density at radius 1 is 1.19 bits per heavy atom. The number of carbonyl (C=O) groups is 1. The van der Waals surface area contributed by atoms with E-state index in [9.17, 15) is 13.2 Å². The van der Waals surface area contributed by atoms with E-state index in [1.54, 1.807) is 13.1 Å². The summed E-state index contributed by atoms with van der Waals surface area (Å²) >= 11 is 5.82. The molecule has 1 heterocycles. The molecule has 0 saturated heterocycles. The second kappa shape index (κ2) is 8.12. The second-order valence-electron chi connectivity index (χ2n) is 5.94. The zero-order valence-electron chi connectivity index (χ0n) is 14.6. The van der Waals surface area contributed by atoms with Gasteiger partial charge in [0.05, 0.1) is 11.5 Å². The molecule has 0 amide bonds. The number of hydrogen-bond acceptors (Lipinski definition) is 4. The highest BCUT2D eigenvalue weighted by Gasteiger charge is 2.28. The lowest BCUT2D eigenvalue weighted by Gasteiger charge is -2.17. The lowest BCUT2D eigenvalue weighted by atomic mass is 10.1. The number of ether oxygens (including phenoxy) is 1. The average molecular weight is 407 g/mol. The van der Waals surface area contributed by atoms with Crippen LogP contribution in [0, 0.1) is 0 Å². The number of H-pyrrole nitrogens is 1. The van der Waals surface area contributed by atoms with Crippen molar-refractivity contribution < 1.29 is 17.9 Å². The van der Waals surface area contributed by atoms with Crippen molar-refractivity contribution >= 4 is 38.5 Å². The van der Waals surface area contributed by atoms with E-state index in [-0.39, 0.29) is 17.9 Å². The van der Waals surface area contributed by atoms with Crippen molar-refractivity contribution in [3.63, 3.8) is 0 Å². The Morgan fingerprint density at radius 2 is 1.89 bits per heavy atom. The highest BCUT2D eigenvalue weighted by Crippen LogP contribution is 2.21. The Morgan fingerprint density at radius 3 is 2.59 bits per heavy atom. The fraction of sp³-hybridized carbons (Fsp3) is 0.211. The molecule has 142 valence electrons. The van der Waals surface area contributed by atoms with Crippen LogP contribution in [0.4, 0.5) is 0 Å². The van der Waals surface area contributed by atoms with Crippen molar-refractivity contribution in [3.8, 4) is 0 Å². The summed E-state index contributed by atoms with van der Waals surface area (Å²) in [5.41, 5.74) is 1.73. The van der Waals surface area contributed by atoms with Gasteiger partial charge in [-0.15, -0.1) is 0 Å². The molecule has 0 fully saturated rings. The number of carbonyl (C=O) groups excluding carboxylic acids is 1. The largest absolute Gasteiger partial charge is 0.465 e. The predicted octanol–water partition coefficient (Wildman–Crippen LogP) is 3.27. The fourth-order valence-electron chi connectivity index (χ4n) is 2.81. The molecule has 6 nitrogen and oxygen atoms in total. The normalized spacial score (nSPS) is 12.8. The van der Waals surface area contributed by atoms with Crippen LogP contribution < -0.4 is 4.72 Å². The number of hydrogen-bond donors (Lipinski definition) is 2. The van der Waals surface area contributed by atoms with Gasteiger partial charge in [-0.3, -0.25) is 4.79 Å². The number of aromatic amines is 1. The van der Waals surface area contributed by atoms with Crippen LogP contribution in [0.2, 0.25) is 5.02 Å². The Labute approximate surface area is 162 Å². The number of fused-ring (bicyclic) bond motifs is 1. The number of aromatic nitrogens is 1. The Kier molecular flexibility index (Phi) is 5.84. The summed E-state index contributed by atoms with van der Waals surface area (Å²) in [4.78, 5) is 15.5. The zero-order chi connectivity index (χ0) is 19.4. The molecule has 0 radical (unpaired) electrons. The van der Waals surface area contributed by atoms with Gasteiger partial charge in [0.25, 0.3) is 0 Å². The topological polar surface area (TPSA) is 88.3 Å². The molecule has 0 aliphatic heterocycles. The third-order valence-corrected chi connectivity index (χ3v) is 5.83. The first kappa shape index (κ1) is 19.4. The smallest absolute Gasteiger partial charge is 0.324 e. The molecule has 3 rings (SSSR count). The average Bonchev–Trinajstić information content (AvgIpc) is 3.05. The van der Waals surface area contributed by atoms with Crippen molar-refractivity contribution in [2.24, 2.45) is 0 Å². The van der Waals surface area contributed by atoms with E-state index in [1.807, 2.05) is 24.3 Å². The van der Waals surface area contributed by atoms with Crippen LogP contribution in [0.5, 0.6) is 0 Å². The first-order chi connectivity index (χ1) is 12.9. The van der Waals surface area contributed by atoms with Gasteiger partial charge in [-0.2, -0.15) is 4.72 Å². The number of benzene rings is 2. The molecule has 0 spiro atoms. The first-order valence-electron chi connectivity index (χ1n) is 8.40. The van der Waals surface area contributed by atoms with Crippen LogP contribution in [0.15, 0.2) is 59.6 Å². The molecule has 0 aliphatic rings. The van der Waals surface area contributed by atoms with E-state index in [4.69, 9.17) is 16.3 Å². The number of rotatable bonds is 7. The molecule has 8 heteroatoms. The SMILES string of the molecule is CCOC(=O)C(Cc1c[nH]c2ccccc12)NS(=O)(=O)c1ccc(Cl)cc1. The van der Waals surface area contributed by atoms with Crippen LogP contribution in [-0.2, 0) is 26.0 Å². The summed E-state index contributed by atoms with van der Waals surface area (Å²) in [5.74, 6) is -0.625. The first-order valence-corrected chi connectivity index (χ1v) is 10.3. The van der Waals surface area contributed by atoms with E-state index in [1.165, 1.54) is 24.3 Å². The number of para-hydroxylation sites is 1. The number of halogens is 1. The molecule has 1 aromatic heterocycles. The summed E-state index contributed by atoms with van der Waals surface area (Å²) < 4.78 is 32.9. The van der Waals surface area contributed by atoms with Gasteiger partial charge in [-0.1, -0.05) is 29.8 Å². The lowest BCUT2D eigenvalue weighted by Crippen LogP contribution is -2.43. The predicted molar refractivity (Wildman–Crippen MR) is 104 cm³/mol. The Hall–Kier alpha value is -2.35. The molecule has 2 aromatic carbocycles. The maximum absolute atomic E-state index is 12.7. The number of esters is 1. The van der Waals surface area contributed by atoms with Crippen molar-refractivity contribution in [2.45, 2.75) is 24.3 Å². The highest BCUT2D eigenvalue weighted by atomic mass is 35.5. The van der Waals surface area contributed by atoms with Gasteiger partial charge in [0, 0.05) is 28.5 Å². The molecule has 2 N–H and O–H groups in total. The van der Waals surface area contributed by atoms with Gasteiger partial charge >= 0.3 is 5.97 Å². The van der Waals surface area contributed by atoms with Crippen LogP contribution in [-0.4, -0.2) is 32.0 Å².